The smallest absolute Gasteiger partial charge is 0.199 e. The lowest BCUT2D eigenvalue weighted by atomic mass is 9.95. The van der Waals surface area contributed by atoms with Crippen LogP contribution >= 0.6 is 0 Å². The first-order chi connectivity index (χ1) is 25.7. The number of H-pyrrole nitrogens is 1. The van der Waals surface area contributed by atoms with E-state index in [4.69, 9.17) is 9.97 Å². The largest absolute Gasteiger partial charge is 0.348 e. The van der Waals surface area contributed by atoms with E-state index >= 15 is 0 Å². The summed E-state index contributed by atoms with van der Waals surface area (Å²) in [5, 5.41) is 21.2. The summed E-state index contributed by atoms with van der Waals surface area (Å²) in [6, 6.07) is 29.7. The minimum atomic E-state index is 0. The molecule has 7 heterocycles. The van der Waals surface area contributed by atoms with Crippen molar-refractivity contribution in [1.29, 1.82) is 0 Å². The van der Waals surface area contributed by atoms with E-state index in [0.29, 0.717) is 11.7 Å². The van der Waals surface area contributed by atoms with E-state index in [0.717, 1.165) is 106 Å². The van der Waals surface area contributed by atoms with Gasteiger partial charge >= 0.3 is 0 Å². The molecule has 0 bridgehead atoms. The first-order valence-corrected chi connectivity index (χ1v) is 17.8. The average molecular weight is 686 g/mol. The van der Waals surface area contributed by atoms with Crippen molar-refractivity contribution in [1.82, 2.24) is 50.0 Å². The van der Waals surface area contributed by atoms with Crippen molar-refractivity contribution < 1.29 is 2.85 Å². The van der Waals surface area contributed by atoms with Gasteiger partial charge in [-0.3, -0.25) is 24.4 Å². The molecule has 2 aromatic carbocycles. The average Bonchev–Trinajstić information content (AvgIpc) is 3.99. The van der Waals surface area contributed by atoms with Crippen molar-refractivity contribution in [3.63, 3.8) is 0 Å². The molecule has 1 fully saturated rings. The Kier molecular flexibility index (Phi) is 7.49. The SMILES string of the molecule is C1=NC2CC=C(c3nnc4c5cc(-c6ccccc6)c(-c6ccc(CN7CCC(c8nc(-c9ccccn9)n[nH]8)CC7)cc6)nc5ccn34)C=C2N1.[HH].[HH]. The lowest BCUT2D eigenvalue weighted by molar-refractivity contribution is 0.202. The number of pyridine rings is 3. The number of piperidine rings is 1. The van der Waals surface area contributed by atoms with Gasteiger partial charge in [-0.1, -0.05) is 66.7 Å². The summed E-state index contributed by atoms with van der Waals surface area (Å²) in [5.74, 6) is 2.81. The number of likely N-dealkylation sites (tertiary alicyclic amines) is 1. The van der Waals surface area contributed by atoms with E-state index in [-0.39, 0.29) is 8.90 Å². The van der Waals surface area contributed by atoms with E-state index < -0.39 is 0 Å². The third kappa shape index (κ3) is 5.55. The summed E-state index contributed by atoms with van der Waals surface area (Å²) in [4.78, 5) is 21.5. The van der Waals surface area contributed by atoms with Crippen LogP contribution in [0.4, 0.5) is 0 Å². The van der Waals surface area contributed by atoms with Gasteiger partial charge in [0.15, 0.2) is 17.3 Å². The molecular formula is C41H39N11. The third-order valence-electron chi connectivity index (χ3n) is 10.4. The first kappa shape index (κ1) is 30.5. The maximum atomic E-state index is 5.28. The first-order valence-electron chi connectivity index (χ1n) is 17.8. The Hall–Kier alpha value is -6.33. The Morgan fingerprint density at radius 3 is 2.58 bits per heavy atom. The van der Waals surface area contributed by atoms with Gasteiger partial charge in [-0.25, -0.2) is 9.97 Å². The molecule has 1 aliphatic carbocycles. The lowest BCUT2D eigenvalue weighted by Gasteiger charge is -2.31. The molecule has 1 atom stereocenters. The van der Waals surface area contributed by atoms with E-state index in [9.17, 15) is 0 Å². The van der Waals surface area contributed by atoms with E-state index in [1.807, 2.05) is 30.5 Å². The van der Waals surface area contributed by atoms with Crippen LogP contribution < -0.4 is 5.32 Å². The van der Waals surface area contributed by atoms with E-state index in [1.54, 1.807) is 12.5 Å². The molecule has 0 radical (unpaired) electrons. The summed E-state index contributed by atoms with van der Waals surface area (Å²) in [5.41, 5.74) is 10.1. The molecule has 0 amide bonds. The van der Waals surface area contributed by atoms with Gasteiger partial charge in [0.1, 0.15) is 11.5 Å². The van der Waals surface area contributed by atoms with Crippen molar-refractivity contribution in [2.24, 2.45) is 4.99 Å². The molecule has 52 heavy (non-hydrogen) atoms. The molecule has 11 heteroatoms. The highest BCUT2D eigenvalue weighted by Crippen LogP contribution is 2.36. The molecule has 5 aromatic heterocycles. The minimum Gasteiger partial charge on any atom is -0.348 e. The Morgan fingerprint density at radius 2 is 1.73 bits per heavy atom. The number of aliphatic imine (C=N–C) groups is 1. The Bertz CT molecular complexity index is 2520. The quantitative estimate of drug-likeness (QED) is 0.179. The van der Waals surface area contributed by atoms with Gasteiger partial charge in [-0.05, 0) is 73.8 Å². The summed E-state index contributed by atoms with van der Waals surface area (Å²) in [6.45, 7) is 2.93. The summed E-state index contributed by atoms with van der Waals surface area (Å²) >= 11 is 0. The molecule has 0 saturated carbocycles. The zero-order valence-electron chi connectivity index (χ0n) is 28.4. The van der Waals surface area contributed by atoms with Gasteiger partial charge in [0, 0.05) is 55.5 Å². The molecule has 1 unspecified atom stereocenters. The number of nitrogens with zero attached hydrogens (tertiary/aromatic N) is 9. The molecule has 2 N–H and O–H groups in total. The Balaban J connectivity index is 0.00000207. The Morgan fingerprint density at radius 1 is 0.865 bits per heavy atom. The number of hydrogen-bond acceptors (Lipinski definition) is 9. The molecule has 1 saturated heterocycles. The molecule has 0 spiro atoms. The second-order valence-electron chi connectivity index (χ2n) is 13.7. The molecule has 258 valence electrons. The van der Waals surface area contributed by atoms with Crippen molar-refractivity contribution >= 4 is 28.5 Å². The number of hydrogen-bond donors (Lipinski definition) is 2. The highest BCUT2D eigenvalue weighted by atomic mass is 15.3. The van der Waals surface area contributed by atoms with Crippen LogP contribution in [0.25, 0.3) is 56.0 Å². The van der Waals surface area contributed by atoms with Gasteiger partial charge in [0.05, 0.1) is 23.6 Å². The summed E-state index contributed by atoms with van der Waals surface area (Å²) in [6.07, 6.45) is 12.8. The number of fused-ring (bicyclic) bond motifs is 4. The zero-order chi connectivity index (χ0) is 34.4. The molecule has 3 aliphatic rings. The monoisotopic (exact) mass is 685 g/mol. The predicted molar refractivity (Wildman–Crippen MR) is 206 cm³/mol. The topological polar surface area (TPSA) is 125 Å². The maximum absolute atomic E-state index is 5.28. The summed E-state index contributed by atoms with van der Waals surface area (Å²) in [7, 11) is 0. The summed E-state index contributed by atoms with van der Waals surface area (Å²) < 4.78 is 2.07. The number of benzene rings is 2. The van der Waals surface area contributed by atoms with Crippen LogP contribution in [0.1, 0.15) is 45.2 Å². The maximum Gasteiger partial charge on any atom is 0.199 e. The fraction of sp³-hybridized carbons (Fsp3) is 0.195. The van der Waals surface area contributed by atoms with Crippen LogP contribution in [0, 0.1) is 0 Å². The zero-order valence-corrected chi connectivity index (χ0v) is 28.4. The van der Waals surface area contributed by atoms with Gasteiger partial charge in [0.25, 0.3) is 0 Å². The highest BCUT2D eigenvalue weighted by Gasteiger charge is 2.25. The second-order valence-corrected chi connectivity index (χ2v) is 13.7. The normalized spacial score (nSPS) is 17.7. The van der Waals surface area contributed by atoms with E-state index in [1.165, 1.54) is 5.56 Å². The fourth-order valence-electron chi connectivity index (χ4n) is 7.63. The van der Waals surface area contributed by atoms with Gasteiger partial charge in [-0.2, -0.15) is 5.10 Å². The van der Waals surface area contributed by atoms with Crippen LogP contribution in [0.5, 0.6) is 0 Å². The van der Waals surface area contributed by atoms with Crippen LogP contribution in [0.3, 0.4) is 0 Å². The number of nitrogens with one attached hydrogen (secondary N) is 2. The predicted octanol–water partition coefficient (Wildman–Crippen LogP) is 7.33. The third-order valence-corrected chi connectivity index (χ3v) is 10.4. The second kappa shape index (κ2) is 12.8. The van der Waals surface area contributed by atoms with Crippen LogP contribution in [0.15, 0.2) is 120 Å². The number of aromatic amines is 1. The molecule has 7 aromatic rings. The van der Waals surface area contributed by atoms with Crippen LogP contribution in [-0.4, -0.2) is 70.1 Å². The van der Waals surface area contributed by atoms with Gasteiger partial charge in [0.2, 0.25) is 0 Å². The van der Waals surface area contributed by atoms with Crippen LogP contribution in [-0.2, 0) is 6.54 Å². The number of rotatable bonds is 7. The molecule has 2 aliphatic heterocycles. The highest BCUT2D eigenvalue weighted by molar-refractivity contribution is 5.98. The van der Waals surface area contributed by atoms with Gasteiger partial charge in [-0.15, -0.1) is 10.2 Å². The fourth-order valence-corrected chi connectivity index (χ4v) is 7.63. The van der Waals surface area contributed by atoms with Crippen LogP contribution in [0.2, 0.25) is 0 Å². The number of aromatic nitrogens is 8. The molecular weight excluding hydrogens is 647 g/mol. The lowest BCUT2D eigenvalue weighted by Crippen LogP contribution is -2.32. The van der Waals surface area contributed by atoms with Crippen molar-refractivity contribution in [2.45, 2.75) is 37.8 Å². The van der Waals surface area contributed by atoms with Crippen molar-refractivity contribution in [3.8, 4) is 33.9 Å². The molecule has 10 rings (SSSR count). The van der Waals surface area contributed by atoms with E-state index in [2.05, 4.69) is 118 Å². The standard InChI is InChI=1S/C41H35N11.2H2/c1-2-6-27(7-3-1)31-23-32-33(17-21-52-40(49-50-41(32)52)30-13-14-34-36(22-30)44-25-43-34)45-37(31)28-11-9-26(10-12-28)24-51-19-15-29(16-20-51)38-46-39(48-47-38)35-8-4-5-18-42-35;;/h1-13,17-18,21-23,25,29,34H,14-16,19-20,24H2,(H,43,44)(H,46,47,48);2*1H. The van der Waals surface area contributed by atoms with Crippen molar-refractivity contribution in [3.05, 3.63) is 132 Å². The number of allylic oxidation sites excluding steroid dienone is 2. The minimum absolute atomic E-state index is 0. The Labute approximate surface area is 302 Å². The van der Waals surface area contributed by atoms with Crippen molar-refractivity contribution in [2.75, 3.05) is 13.1 Å². The molecule has 11 nitrogen and oxygen atoms in total. The van der Waals surface area contributed by atoms with Gasteiger partial charge < -0.3 is 5.32 Å².